The summed E-state index contributed by atoms with van der Waals surface area (Å²) >= 11 is 0. The van der Waals surface area contributed by atoms with Gasteiger partial charge in [0.05, 0.1) is 0 Å². The Labute approximate surface area is 119 Å². The highest BCUT2D eigenvalue weighted by Crippen LogP contribution is 2.12. The van der Waals surface area contributed by atoms with E-state index in [4.69, 9.17) is 9.84 Å². The minimum atomic E-state index is -0.430. The van der Waals surface area contributed by atoms with E-state index in [1.54, 1.807) is 0 Å². The van der Waals surface area contributed by atoms with Gasteiger partial charge < -0.3 is 20.5 Å². The SMILES string of the molecule is O=C(N[C@H](CCO)[C@@H]1CCCN1)OCc1ccccc1. The molecule has 1 amide bonds. The predicted octanol–water partition coefficient (Wildman–Crippen LogP) is 1.42. The van der Waals surface area contributed by atoms with Gasteiger partial charge in [-0.1, -0.05) is 30.3 Å². The zero-order valence-corrected chi connectivity index (χ0v) is 11.5. The van der Waals surface area contributed by atoms with Gasteiger partial charge in [-0.15, -0.1) is 0 Å². The first-order chi connectivity index (χ1) is 9.79. The lowest BCUT2D eigenvalue weighted by atomic mass is 10.0. The number of amides is 1. The van der Waals surface area contributed by atoms with Crippen molar-refractivity contribution in [2.75, 3.05) is 13.2 Å². The van der Waals surface area contributed by atoms with E-state index in [1.165, 1.54) is 0 Å². The molecule has 1 aliphatic rings. The van der Waals surface area contributed by atoms with Crippen molar-refractivity contribution in [3.8, 4) is 0 Å². The smallest absolute Gasteiger partial charge is 0.407 e. The molecule has 2 atom stereocenters. The Morgan fingerprint density at radius 1 is 1.45 bits per heavy atom. The number of aliphatic hydroxyl groups excluding tert-OH is 1. The maximum Gasteiger partial charge on any atom is 0.407 e. The van der Waals surface area contributed by atoms with Crippen molar-refractivity contribution in [3.05, 3.63) is 35.9 Å². The first-order valence-corrected chi connectivity index (χ1v) is 7.11. The van der Waals surface area contributed by atoms with E-state index in [2.05, 4.69) is 10.6 Å². The molecule has 0 bridgehead atoms. The zero-order chi connectivity index (χ0) is 14.2. The summed E-state index contributed by atoms with van der Waals surface area (Å²) in [4.78, 5) is 11.8. The number of aliphatic hydroxyl groups is 1. The van der Waals surface area contributed by atoms with Gasteiger partial charge in [0.15, 0.2) is 0 Å². The van der Waals surface area contributed by atoms with E-state index in [0.717, 1.165) is 24.9 Å². The van der Waals surface area contributed by atoms with Crippen molar-refractivity contribution in [3.63, 3.8) is 0 Å². The molecule has 0 saturated carbocycles. The second-order valence-electron chi connectivity index (χ2n) is 5.03. The minimum Gasteiger partial charge on any atom is -0.445 e. The van der Waals surface area contributed by atoms with Crippen molar-refractivity contribution < 1.29 is 14.6 Å². The number of rotatable bonds is 6. The molecule has 0 spiro atoms. The lowest BCUT2D eigenvalue weighted by Crippen LogP contribution is -2.48. The van der Waals surface area contributed by atoms with Crippen LogP contribution in [0, 0.1) is 0 Å². The van der Waals surface area contributed by atoms with Crippen molar-refractivity contribution in [2.24, 2.45) is 0 Å². The topological polar surface area (TPSA) is 70.6 Å². The number of alkyl carbamates (subject to hydrolysis) is 1. The van der Waals surface area contributed by atoms with Gasteiger partial charge in [0.1, 0.15) is 6.61 Å². The summed E-state index contributed by atoms with van der Waals surface area (Å²) in [7, 11) is 0. The van der Waals surface area contributed by atoms with Crippen LogP contribution in [0.2, 0.25) is 0 Å². The molecule has 0 unspecified atom stereocenters. The first kappa shape index (κ1) is 14.8. The van der Waals surface area contributed by atoms with Gasteiger partial charge in [-0.25, -0.2) is 4.79 Å². The van der Waals surface area contributed by atoms with E-state index in [9.17, 15) is 4.79 Å². The van der Waals surface area contributed by atoms with Crippen LogP contribution in [0.4, 0.5) is 4.79 Å². The number of benzene rings is 1. The Bertz CT molecular complexity index is 405. The molecule has 5 heteroatoms. The molecule has 1 aliphatic heterocycles. The van der Waals surface area contributed by atoms with Gasteiger partial charge in [0.2, 0.25) is 0 Å². The maximum absolute atomic E-state index is 11.8. The van der Waals surface area contributed by atoms with Crippen LogP contribution >= 0.6 is 0 Å². The van der Waals surface area contributed by atoms with Crippen molar-refractivity contribution in [1.82, 2.24) is 10.6 Å². The van der Waals surface area contributed by atoms with Crippen molar-refractivity contribution >= 4 is 6.09 Å². The predicted molar refractivity (Wildman–Crippen MR) is 76.3 cm³/mol. The summed E-state index contributed by atoms with van der Waals surface area (Å²) in [5.74, 6) is 0. The number of carbonyl (C=O) groups excluding carboxylic acids is 1. The highest BCUT2D eigenvalue weighted by molar-refractivity contribution is 5.67. The molecule has 1 heterocycles. The van der Waals surface area contributed by atoms with Gasteiger partial charge in [-0.2, -0.15) is 0 Å². The third-order valence-corrected chi connectivity index (χ3v) is 3.54. The van der Waals surface area contributed by atoms with Gasteiger partial charge in [-0.05, 0) is 31.4 Å². The standard InChI is InChI=1S/C15H22N2O3/c18-10-8-14(13-7-4-9-16-13)17-15(19)20-11-12-5-2-1-3-6-12/h1-3,5-6,13-14,16,18H,4,7-11H2,(H,17,19)/t13-,14+/m0/s1. The summed E-state index contributed by atoms with van der Waals surface area (Å²) in [6.07, 6.45) is 2.23. The Hall–Kier alpha value is -1.59. The fourth-order valence-corrected chi connectivity index (χ4v) is 2.48. The van der Waals surface area contributed by atoms with Gasteiger partial charge >= 0.3 is 6.09 Å². The molecule has 3 N–H and O–H groups in total. The third-order valence-electron chi connectivity index (χ3n) is 3.54. The first-order valence-electron chi connectivity index (χ1n) is 7.11. The Morgan fingerprint density at radius 3 is 2.90 bits per heavy atom. The highest BCUT2D eigenvalue weighted by atomic mass is 16.5. The second kappa shape index (κ2) is 7.87. The molecular formula is C15H22N2O3. The van der Waals surface area contributed by atoms with Gasteiger partial charge in [0, 0.05) is 18.7 Å². The molecule has 110 valence electrons. The van der Waals surface area contributed by atoms with E-state index in [0.29, 0.717) is 6.42 Å². The van der Waals surface area contributed by atoms with E-state index < -0.39 is 6.09 Å². The van der Waals surface area contributed by atoms with Crippen LogP contribution in [0.25, 0.3) is 0 Å². The Balaban J connectivity index is 1.78. The monoisotopic (exact) mass is 278 g/mol. The Kier molecular flexibility index (Phi) is 5.83. The van der Waals surface area contributed by atoms with Crippen LogP contribution < -0.4 is 10.6 Å². The normalized spacial score (nSPS) is 19.6. The molecule has 0 aliphatic carbocycles. The van der Waals surface area contributed by atoms with E-state index >= 15 is 0 Å². The van der Waals surface area contributed by atoms with Crippen LogP contribution in [-0.4, -0.2) is 36.4 Å². The molecule has 5 nitrogen and oxygen atoms in total. The summed E-state index contributed by atoms with van der Waals surface area (Å²) < 4.78 is 5.21. The van der Waals surface area contributed by atoms with Crippen LogP contribution in [0.1, 0.15) is 24.8 Å². The summed E-state index contributed by atoms with van der Waals surface area (Å²) in [6.45, 7) is 1.28. The summed E-state index contributed by atoms with van der Waals surface area (Å²) in [5, 5.41) is 15.3. The molecule has 1 saturated heterocycles. The average molecular weight is 278 g/mol. The molecule has 2 rings (SSSR count). The number of hydrogen-bond acceptors (Lipinski definition) is 4. The van der Waals surface area contributed by atoms with Crippen LogP contribution in [0.5, 0.6) is 0 Å². The largest absolute Gasteiger partial charge is 0.445 e. The maximum atomic E-state index is 11.8. The van der Waals surface area contributed by atoms with Gasteiger partial charge in [-0.3, -0.25) is 0 Å². The molecule has 0 radical (unpaired) electrons. The van der Waals surface area contributed by atoms with Gasteiger partial charge in [0.25, 0.3) is 0 Å². The average Bonchev–Trinajstić information content (AvgIpc) is 3.00. The fourth-order valence-electron chi connectivity index (χ4n) is 2.48. The lowest BCUT2D eigenvalue weighted by molar-refractivity contribution is 0.130. The molecule has 20 heavy (non-hydrogen) atoms. The summed E-state index contributed by atoms with van der Waals surface area (Å²) in [6, 6.07) is 9.72. The Morgan fingerprint density at radius 2 is 2.25 bits per heavy atom. The third kappa shape index (κ3) is 4.51. The molecule has 1 aromatic carbocycles. The summed E-state index contributed by atoms with van der Waals surface area (Å²) in [5.41, 5.74) is 0.959. The van der Waals surface area contributed by atoms with E-state index in [1.807, 2.05) is 30.3 Å². The van der Waals surface area contributed by atoms with Crippen molar-refractivity contribution in [1.29, 1.82) is 0 Å². The van der Waals surface area contributed by atoms with Crippen LogP contribution in [0.3, 0.4) is 0 Å². The second-order valence-corrected chi connectivity index (χ2v) is 5.03. The number of ether oxygens (including phenoxy) is 1. The molecule has 1 fully saturated rings. The van der Waals surface area contributed by atoms with Crippen LogP contribution in [0.15, 0.2) is 30.3 Å². The van der Waals surface area contributed by atoms with Crippen molar-refractivity contribution in [2.45, 2.75) is 38.0 Å². The highest BCUT2D eigenvalue weighted by Gasteiger charge is 2.25. The van der Waals surface area contributed by atoms with E-state index in [-0.39, 0.29) is 25.3 Å². The quantitative estimate of drug-likeness (QED) is 0.736. The minimum absolute atomic E-state index is 0.0574. The molecule has 0 aromatic heterocycles. The number of hydrogen-bond donors (Lipinski definition) is 3. The zero-order valence-electron chi connectivity index (χ0n) is 11.5. The molecular weight excluding hydrogens is 256 g/mol. The number of carbonyl (C=O) groups is 1. The number of nitrogens with one attached hydrogen (secondary N) is 2. The fraction of sp³-hybridized carbons (Fsp3) is 0.533. The van der Waals surface area contributed by atoms with Crippen LogP contribution in [-0.2, 0) is 11.3 Å². The lowest BCUT2D eigenvalue weighted by Gasteiger charge is -2.24. The molecule has 1 aromatic rings.